The number of ether oxygens (including phenoxy) is 1. The minimum atomic E-state index is -0.244. The fraction of sp³-hybridized carbons (Fsp3) is 0.192. The summed E-state index contributed by atoms with van der Waals surface area (Å²) in [6.07, 6.45) is 0. The summed E-state index contributed by atoms with van der Waals surface area (Å²) in [5.74, 6) is 0.746. The van der Waals surface area contributed by atoms with Gasteiger partial charge in [0.2, 0.25) is 5.76 Å². The van der Waals surface area contributed by atoms with Gasteiger partial charge >= 0.3 is 0 Å². The van der Waals surface area contributed by atoms with Crippen molar-refractivity contribution >= 4 is 16.9 Å². The van der Waals surface area contributed by atoms with Gasteiger partial charge in [-0.1, -0.05) is 54.6 Å². The molecule has 0 saturated heterocycles. The van der Waals surface area contributed by atoms with E-state index in [-0.39, 0.29) is 5.91 Å². The molecule has 5 heteroatoms. The van der Waals surface area contributed by atoms with Crippen molar-refractivity contribution in [3.05, 3.63) is 89.7 Å². The largest absolute Gasteiger partial charge is 0.497 e. The highest BCUT2D eigenvalue weighted by atomic mass is 16.5. The van der Waals surface area contributed by atoms with E-state index in [0.717, 1.165) is 28.6 Å². The zero-order chi connectivity index (χ0) is 21.8. The second kappa shape index (κ2) is 9.06. The molecule has 4 rings (SSSR count). The summed E-state index contributed by atoms with van der Waals surface area (Å²) < 4.78 is 11.3. The van der Waals surface area contributed by atoms with E-state index in [0.29, 0.717) is 23.6 Å². The highest BCUT2D eigenvalue weighted by molar-refractivity contribution is 6.08. The fourth-order valence-electron chi connectivity index (χ4n) is 3.65. The van der Waals surface area contributed by atoms with Gasteiger partial charge in [0.1, 0.15) is 11.3 Å². The molecule has 31 heavy (non-hydrogen) atoms. The Morgan fingerprint density at radius 1 is 0.968 bits per heavy atom. The maximum Gasteiger partial charge on any atom is 0.287 e. The summed E-state index contributed by atoms with van der Waals surface area (Å²) in [4.78, 5) is 15.2. The molecule has 0 bridgehead atoms. The highest BCUT2D eigenvalue weighted by Crippen LogP contribution is 2.36. The molecule has 5 nitrogen and oxygen atoms in total. The van der Waals surface area contributed by atoms with Crippen molar-refractivity contribution in [3.8, 4) is 16.9 Å². The second-order valence-corrected chi connectivity index (χ2v) is 7.77. The number of rotatable bonds is 7. The number of nitrogens with zero attached hydrogens (tertiary/aromatic N) is 1. The normalized spacial score (nSPS) is 11.1. The molecule has 0 spiro atoms. The van der Waals surface area contributed by atoms with Gasteiger partial charge in [0.15, 0.2) is 0 Å². The van der Waals surface area contributed by atoms with Crippen molar-refractivity contribution in [2.24, 2.45) is 0 Å². The van der Waals surface area contributed by atoms with Gasteiger partial charge in [-0.05, 0) is 42.9 Å². The van der Waals surface area contributed by atoms with Crippen molar-refractivity contribution in [2.45, 2.75) is 13.1 Å². The Morgan fingerprint density at radius 2 is 1.68 bits per heavy atom. The first kappa shape index (κ1) is 20.7. The van der Waals surface area contributed by atoms with Gasteiger partial charge in [0, 0.05) is 30.1 Å². The highest BCUT2D eigenvalue weighted by Gasteiger charge is 2.22. The second-order valence-electron chi connectivity index (χ2n) is 7.77. The third-order valence-electron chi connectivity index (χ3n) is 5.14. The van der Waals surface area contributed by atoms with Crippen LogP contribution < -0.4 is 10.1 Å². The molecule has 0 aliphatic rings. The van der Waals surface area contributed by atoms with Gasteiger partial charge < -0.3 is 19.4 Å². The molecule has 1 aromatic heterocycles. The molecule has 0 unspecified atom stereocenters. The molecule has 0 atom stereocenters. The molecule has 4 aromatic rings. The van der Waals surface area contributed by atoms with E-state index in [1.54, 1.807) is 7.11 Å². The lowest BCUT2D eigenvalue weighted by atomic mass is 10.0. The number of nitrogens with one attached hydrogen (secondary N) is 1. The number of amides is 1. The Labute approximate surface area is 182 Å². The van der Waals surface area contributed by atoms with E-state index >= 15 is 0 Å². The number of methoxy groups -OCH3 is 1. The average Bonchev–Trinajstić information content (AvgIpc) is 3.17. The van der Waals surface area contributed by atoms with Crippen LogP contribution in [0.1, 0.15) is 21.7 Å². The Morgan fingerprint density at radius 3 is 2.35 bits per heavy atom. The van der Waals surface area contributed by atoms with E-state index in [2.05, 4.69) is 22.3 Å². The van der Waals surface area contributed by atoms with E-state index < -0.39 is 0 Å². The van der Waals surface area contributed by atoms with Crippen molar-refractivity contribution in [1.29, 1.82) is 0 Å². The fourth-order valence-corrected chi connectivity index (χ4v) is 3.65. The summed E-state index contributed by atoms with van der Waals surface area (Å²) >= 11 is 0. The maximum absolute atomic E-state index is 13.1. The molecule has 0 saturated carbocycles. The zero-order valence-corrected chi connectivity index (χ0v) is 18.0. The van der Waals surface area contributed by atoms with Gasteiger partial charge in [0.05, 0.1) is 7.11 Å². The van der Waals surface area contributed by atoms with E-state index in [1.165, 1.54) is 5.56 Å². The molecular formula is C26H26N2O3. The first-order valence-electron chi connectivity index (χ1n) is 10.2. The SMILES string of the molecule is COc1ccc2c(-c3ccccc3)c(C(=O)NCc3ccc(CN(C)C)cc3)oc2c1. The molecule has 1 amide bonds. The molecular weight excluding hydrogens is 388 g/mol. The summed E-state index contributed by atoms with van der Waals surface area (Å²) in [6, 6.07) is 23.7. The number of benzene rings is 3. The minimum Gasteiger partial charge on any atom is -0.497 e. The lowest BCUT2D eigenvalue weighted by molar-refractivity contribution is 0.0926. The quantitative estimate of drug-likeness (QED) is 0.457. The van der Waals surface area contributed by atoms with Crippen LogP contribution in [0.2, 0.25) is 0 Å². The third-order valence-corrected chi connectivity index (χ3v) is 5.14. The molecule has 1 heterocycles. The van der Waals surface area contributed by atoms with Gasteiger partial charge in [0.25, 0.3) is 5.91 Å². The van der Waals surface area contributed by atoms with Crippen LogP contribution in [0.5, 0.6) is 5.75 Å². The predicted molar refractivity (Wildman–Crippen MR) is 123 cm³/mol. The molecule has 0 aliphatic carbocycles. The Bertz CT molecular complexity index is 1180. The van der Waals surface area contributed by atoms with Crippen LogP contribution in [0.25, 0.3) is 22.1 Å². The van der Waals surface area contributed by atoms with Crippen LogP contribution in [0.15, 0.2) is 77.2 Å². The Balaban J connectivity index is 1.61. The molecule has 0 radical (unpaired) electrons. The minimum absolute atomic E-state index is 0.244. The van der Waals surface area contributed by atoms with Crippen LogP contribution in [-0.4, -0.2) is 32.0 Å². The number of carbonyl (C=O) groups excluding carboxylic acids is 1. The number of hydrogen-bond donors (Lipinski definition) is 1. The Hall–Kier alpha value is -3.57. The topological polar surface area (TPSA) is 54.7 Å². The van der Waals surface area contributed by atoms with Crippen molar-refractivity contribution in [2.75, 3.05) is 21.2 Å². The van der Waals surface area contributed by atoms with Gasteiger partial charge in [-0.3, -0.25) is 4.79 Å². The molecule has 1 N–H and O–H groups in total. The van der Waals surface area contributed by atoms with E-state index in [4.69, 9.17) is 9.15 Å². The van der Waals surface area contributed by atoms with Crippen molar-refractivity contribution in [1.82, 2.24) is 10.2 Å². The summed E-state index contributed by atoms with van der Waals surface area (Å²) in [5.41, 5.74) is 4.62. The predicted octanol–water partition coefficient (Wildman–Crippen LogP) is 5.10. The van der Waals surface area contributed by atoms with Crippen LogP contribution in [-0.2, 0) is 13.1 Å². The molecule has 158 valence electrons. The smallest absolute Gasteiger partial charge is 0.287 e. The van der Waals surface area contributed by atoms with Crippen LogP contribution in [0.4, 0.5) is 0 Å². The number of carbonyl (C=O) groups is 1. The standard InChI is InChI=1S/C26H26N2O3/c1-28(2)17-19-11-9-18(10-12-19)16-27-26(29)25-24(20-7-5-4-6-8-20)22-14-13-21(30-3)15-23(22)31-25/h4-15H,16-17H2,1-3H3,(H,27,29). The van der Waals surface area contributed by atoms with E-state index in [9.17, 15) is 4.79 Å². The van der Waals surface area contributed by atoms with Crippen LogP contribution in [0, 0.1) is 0 Å². The van der Waals surface area contributed by atoms with E-state index in [1.807, 2.05) is 74.8 Å². The number of fused-ring (bicyclic) bond motifs is 1. The average molecular weight is 415 g/mol. The lowest BCUT2D eigenvalue weighted by Gasteiger charge is -2.10. The van der Waals surface area contributed by atoms with Crippen LogP contribution >= 0.6 is 0 Å². The Kier molecular flexibility index (Phi) is 6.05. The maximum atomic E-state index is 13.1. The summed E-state index contributed by atoms with van der Waals surface area (Å²) in [7, 11) is 5.70. The number of furan rings is 1. The molecule has 3 aromatic carbocycles. The lowest BCUT2D eigenvalue weighted by Crippen LogP contribution is -2.22. The van der Waals surface area contributed by atoms with Gasteiger partial charge in [-0.2, -0.15) is 0 Å². The molecule has 0 aliphatic heterocycles. The molecule has 0 fully saturated rings. The number of hydrogen-bond acceptors (Lipinski definition) is 4. The zero-order valence-electron chi connectivity index (χ0n) is 18.0. The summed E-state index contributed by atoms with van der Waals surface area (Å²) in [6.45, 7) is 1.31. The van der Waals surface area contributed by atoms with Gasteiger partial charge in [-0.25, -0.2) is 0 Å². The monoisotopic (exact) mass is 414 g/mol. The third kappa shape index (κ3) is 4.62. The van der Waals surface area contributed by atoms with Crippen molar-refractivity contribution in [3.63, 3.8) is 0 Å². The first-order valence-corrected chi connectivity index (χ1v) is 10.2. The summed E-state index contributed by atoms with van der Waals surface area (Å²) in [5, 5.41) is 3.88. The van der Waals surface area contributed by atoms with Crippen molar-refractivity contribution < 1.29 is 13.9 Å². The van der Waals surface area contributed by atoms with Crippen LogP contribution in [0.3, 0.4) is 0 Å². The first-order chi connectivity index (χ1) is 15.0. The van der Waals surface area contributed by atoms with Gasteiger partial charge in [-0.15, -0.1) is 0 Å².